The fourth-order valence-corrected chi connectivity index (χ4v) is 2.43. The summed E-state index contributed by atoms with van der Waals surface area (Å²) >= 11 is 0. The molecule has 2 N–H and O–H groups in total. The molecule has 7 nitrogen and oxygen atoms in total. The number of aliphatic hydroxyl groups is 1. The number of ether oxygens (including phenoxy) is 1. The van der Waals surface area contributed by atoms with Crippen LogP contribution in [0.25, 0.3) is 0 Å². The van der Waals surface area contributed by atoms with Crippen molar-refractivity contribution in [1.82, 2.24) is 9.55 Å². The Morgan fingerprint density at radius 2 is 2.39 bits per heavy atom. The molecular weight excluding hydrogens is 259 g/mol. The summed E-state index contributed by atoms with van der Waals surface area (Å²) in [4.78, 5) is 25.1. The molecule has 1 aliphatic rings. The van der Waals surface area contributed by atoms with Gasteiger partial charge in [-0.2, -0.15) is 0 Å². The maximum absolute atomic E-state index is 11.8. The Kier molecular flexibility index (Phi) is 3.97. The third-order valence-electron chi connectivity index (χ3n) is 2.99. The number of nitrogens with one attached hydrogen (secondary N) is 1. The Morgan fingerprint density at radius 1 is 1.67 bits per heavy atom. The van der Waals surface area contributed by atoms with Crippen LogP contribution < -0.4 is 11.2 Å². The number of aromatic amines is 1. The summed E-state index contributed by atoms with van der Waals surface area (Å²) in [5.41, 5.74) is -0.453. The lowest BCUT2D eigenvalue weighted by molar-refractivity contribution is -0.0409. The van der Waals surface area contributed by atoms with Gasteiger partial charge in [-0.15, -0.1) is 0 Å². The van der Waals surface area contributed by atoms with Gasteiger partial charge in [-0.05, 0) is 6.92 Å². The molecule has 0 amide bonds. The van der Waals surface area contributed by atoms with Crippen molar-refractivity contribution in [3.05, 3.63) is 32.6 Å². The lowest BCUT2D eigenvalue weighted by Gasteiger charge is -2.16. The van der Waals surface area contributed by atoms with Crippen LogP contribution in [-0.2, 0) is 9.26 Å². The van der Waals surface area contributed by atoms with Crippen molar-refractivity contribution in [1.29, 1.82) is 0 Å². The molecule has 2 rings (SSSR count). The van der Waals surface area contributed by atoms with Gasteiger partial charge in [0.2, 0.25) is 0 Å². The first-order chi connectivity index (χ1) is 8.56. The van der Waals surface area contributed by atoms with Gasteiger partial charge in [-0.1, -0.05) is 0 Å². The van der Waals surface area contributed by atoms with E-state index >= 15 is 0 Å². The van der Waals surface area contributed by atoms with Crippen molar-refractivity contribution < 1.29 is 14.4 Å². The smallest absolute Gasteiger partial charge is 0.330 e. The molecule has 0 radical (unpaired) electrons. The number of hydrogen-bond acceptors (Lipinski definition) is 5. The SMILES string of the molecule is Cc1cc(=O)[nH]c(=O)n1C1CC(OP)C(CO)O1. The zero-order chi connectivity index (χ0) is 13.3. The Balaban J connectivity index is 2.34. The van der Waals surface area contributed by atoms with E-state index in [9.17, 15) is 9.59 Å². The van der Waals surface area contributed by atoms with Crippen LogP contribution in [0.2, 0.25) is 0 Å². The molecule has 4 unspecified atom stereocenters. The van der Waals surface area contributed by atoms with Crippen LogP contribution in [0.3, 0.4) is 0 Å². The summed E-state index contributed by atoms with van der Waals surface area (Å²) in [6.45, 7) is 1.47. The molecule has 2 heterocycles. The van der Waals surface area contributed by atoms with Gasteiger partial charge in [-0.3, -0.25) is 14.3 Å². The molecular formula is C10H15N2O5P. The molecule has 1 saturated heterocycles. The van der Waals surface area contributed by atoms with E-state index in [0.717, 1.165) is 0 Å². The predicted octanol–water partition coefficient (Wildman–Crippen LogP) is -0.700. The molecule has 100 valence electrons. The van der Waals surface area contributed by atoms with E-state index in [1.807, 2.05) is 0 Å². The predicted molar refractivity (Wildman–Crippen MR) is 66.3 cm³/mol. The summed E-state index contributed by atoms with van der Waals surface area (Å²) in [5, 5.41) is 9.16. The first-order valence-corrected chi connectivity index (χ1v) is 5.98. The third kappa shape index (κ3) is 2.40. The lowest BCUT2D eigenvalue weighted by Crippen LogP contribution is -2.34. The van der Waals surface area contributed by atoms with Crippen LogP contribution in [0, 0.1) is 6.92 Å². The largest absolute Gasteiger partial charge is 0.394 e. The van der Waals surface area contributed by atoms with Crippen LogP contribution in [0.5, 0.6) is 0 Å². The topological polar surface area (TPSA) is 93.6 Å². The van der Waals surface area contributed by atoms with Gasteiger partial charge in [-0.25, -0.2) is 4.79 Å². The van der Waals surface area contributed by atoms with E-state index in [1.54, 1.807) is 6.92 Å². The van der Waals surface area contributed by atoms with Gasteiger partial charge in [0.15, 0.2) is 0 Å². The van der Waals surface area contributed by atoms with Gasteiger partial charge >= 0.3 is 5.69 Å². The van der Waals surface area contributed by atoms with Crippen LogP contribution in [-0.4, -0.2) is 33.5 Å². The summed E-state index contributed by atoms with van der Waals surface area (Å²) < 4.78 is 12.0. The fraction of sp³-hybridized carbons (Fsp3) is 0.600. The normalized spacial score (nSPS) is 27.6. The second-order valence-electron chi connectivity index (χ2n) is 4.17. The number of aliphatic hydroxyl groups excluding tert-OH is 1. The average molecular weight is 274 g/mol. The number of H-pyrrole nitrogens is 1. The molecule has 0 bridgehead atoms. The number of aromatic nitrogens is 2. The molecule has 1 aromatic rings. The number of rotatable bonds is 3. The Hall–Kier alpha value is -1.01. The minimum atomic E-state index is -0.544. The van der Waals surface area contributed by atoms with Gasteiger partial charge < -0.3 is 14.4 Å². The zero-order valence-electron chi connectivity index (χ0n) is 9.83. The average Bonchev–Trinajstić information content (AvgIpc) is 2.70. The number of nitrogens with zero attached hydrogens (tertiary/aromatic N) is 1. The minimum Gasteiger partial charge on any atom is -0.394 e. The standard InChI is InChI=1S/C10H15N2O5P/c1-5-2-8(14)11-10(15)12(5)9-3-6(17-18)7(4-13)16-9/h2,6-7,9,13H,3-4,18H2,1H3,(H,11,14,15). The van der Waals surface area contributed by atoms with E-state index in [4.69, 9.17) is 14.4 Å². The van der Waals surface area contributed by atoms with Gasteiger partial charge in [0.25, 0.3) is 5.56 Å². The lowest BCUT2D eigenvalue weighted by atomic mass is 10.2. The Bertz CT molecular complexity index is 528. The van der Waals surface area contributed by atoms with Crippen LogP contribution >= 0.6 is 9.47 Å². The molecule has 0 aliphatic carbocycles. The van der Waals surface area contributed by atoms with Crippen LogP contribution in [0.4, 0.5) is 0 Å². The number of hydrogen-bond donors (Lipinski definition) is 2. The second-order valence-corrected chi connectivity index (χ2v) is 4.44. The van der Waals surface area contributed by atoms with E-state index < -0.39 is 23.6 Å². The summed E-state index contributed by atoms with van der Waals surface area (Å²) in [6.07, 6.45) is -0.896. The maximum atomic E-state index is 11.8. The molecule has 8 heteroatoms. The molecule has 0 saturated carbocycles. The first-order valence-electron chi connectivity index (χ1n) is 5.51. The highest BCUT2D eigenvalue weighted by Gasteiger charge is 2.36. The Labute approximate surface area is 105 Å². The number of aryl methyl sites for hydroxylation is 1. The minimum absolute atomic E-state index is 0.188. The van der Waals surface area contributed by atoms with E-state index in [0.29, 0.717) is 12.1 Å². The van der Waals surface area contributed by atoms with E-state index in [2.05, 4.69) is 14.5 Å². The van der Waals surface area contributed by atoms with Crippen LogP contribution in [0.15, 0.2) is 15.7 Å². The molecule has 18 heavy (non-hydrogen) atoms. The van der Waals surface area contributed by atoms with Gasteiger partial charge in [0.1, 0.15) is 12.3 Å². The molecule has 0 aromatic carbocycles. The quantitative estimate of drug-likeness (QED) is 0.711. The first kappa shape index (κ1) is 13.4. The molecule has 1 aliphatic heterocycles. The second kappa shape index (κ2) is 5.32. The van der Waals surface area contributed by atoms with Crippen molar-refractivity contribution >= 4 is 9.47 Å². The summed E-state index contributed by atoms with van der Waals surface area (Å²) in [7, 11) is 2.13. The zero-order valence-corrected chi connectivity index (χ0v) is 11.0. The monoisotopic (exact) mass is 274 g/mol. The van der Waals surface area contributed by atoms with Crippen LogP contribution in [0.1, 0.15) is 18.3 Å². The fourth-order valence-electron chi connectivity index (χ4n) is 2.14. The van der Waals surface area contributed by atoms with E-state index in [1.165, 1.54) is 10.6 Å². The van der Waals surface area contributed by atoms with Crippen molar-refractivity contribution in [2.75, 3.05) is 6.61 Å². The van der Waals surface area contributed by atoms with Crippen molar-refractivity contribution in [2.45, 2.75) is 31.8 Å². The molecule has 0 spiro atoms. The maximum Gasteiger partial charge on any atom is 0.330 e. The van der Waals surface area contributed by atoms with Crippen molar-refractivity contribution in [3.63, 3.8) is 0 Å². The molecule has 4 atom stereocenters. The third-order valence-corrected chi connectivity index (χ3v) is 3.34. The van der Waals surface area contributed by atoms with Gasteiger partial charge in [0.05, 0.1) is 12.7 Å². The van der Waals surface area contributed by atoms with Crippen molar-refractivity contribution in [3.8, 4) is 0 Å². The highest BCUT2D eigenvalue weighted by molar-refractivity contribution is 7.09. The highest BCUT2D eigenvalue weighted by Crippen LogP contribution is 2.31. The Morgan fingerprint density at radius 3 is 2.89 bits per heavy atom. The summed E-state index contributed by atoms with van der Waals surface area (Å²) in [5.74, 6) is 0. The van der Waals surface area contributed by atoms with E-state index in [-0.39, 0.29) is 12.7 Å². The summed E-state index contributed by atoms with van der Waals surface area (Å²) in [6, 6.07) is 1.33. The molecule has 1 fully saturated rings. The van der Waals surface area contributed by atoms with Gasteiger partial charge in [0, 0.05) is 27.6 Å². The van der Waals surface area contributed by atoms with Crippen molar-refractivity contribution in [2.24, 2.45) is 0 Å². The highest BCUT2D eigenvalue weighted by atomic mass is 31.0. The molecule has 1 aromatic heterocycles.